The first-order valence-electron chi connectivity index (χ1n) is 9.42. The van der Waals surface area contributed by atoms with Gasteiger partial charge in [0.15, 0.2) is 0 Å². The molecule has 0 fully saturated rings. The summed E-state index contributed by atoms with van der Waals surface area (Å²) in [6.07, 6.45) is 0. The minimum absolute atomic E-state index is 0.139. The Kier molecular flexibility index (Phi) is 6.13. The average molecular weight is 488 g/mol. The lowest BCUT2D eigenvalue weighted by molar-refractivity contribution is -0.120. The van der Waals surface area contributed by atoms with Gasteiger partial charge in [-0.15, -0.1) is 0 Å². The smallest absolute Gasteiger partial charge is 0.283 e. The molecule has 1 heterocycles. The van der Waals surface area contributed by atoms with Crippen molar-refractivity contribution in [2.45, 2.75) is 0 Å². The van der Waals surface area contributed by atoms with Gasteiger partial charge in [0.05, 0.1) is 10.7 Å². The zero-order chi connectivity index (χ0) is 23.7. The lowest BCUT2D eigenvalue weighted by Gasteiger charge is -2.15. The molecule has 3 aromatic rings. The molecule has 0 saturated carbocycles. The van der Waals surface area contributed by atoms with Crippen LogP contribution in [0.5, 0.6) is 0 Å². The van der Waals surface area contributed by atoms with Crippen LogP contribution in [0.25, 0.3) is 0 Å². The highest BCUT2D eigenvalue weighted by Gasteiger charge is 2.39. The van der Waals surface area contributed by atoms with Crippen LogP contribution in [0.2, 0.25) is 5.02 Å². The van der Waals surface area contributed by atoms with Gasteiger partial charge in [-0.05, 0) is 60.7 Å². The van der Waals surface area contributed by atoms with Gasteiger partial charge in [0.2, 0.25) is 0 Å². The highest BCUT2D eigenvalue weighted by Crippen LogP contribution is 2.30. The molecule has 33 heavy (non-hydrogen) atoms. The van der Waals surface area contributed by atoms with E-state index in [-0.39, 0.29) is 27.0 Å². The summed E-state index contributed by atoms with van der Waals surface area (Å²) in [5.74, 6) is -3.14. The quantitative estimate of drug-likeness (QED) is 0.478. The summed E-state index contributed by atoms with van der Waals surface area (Å²) in [4.78, 5) is 38.7. The van der Waals surface area contributed by atoms with Crippen molar-refractivity contribution >= 4 is 58.0 Å². The van der Waals surface area contributed by atoms with Crippen LogP contribution in [0.1, 0.15) is 10.4 Å². The van der Waals surface area contributed by atoms with E-state index in [1.807, 2.05) is 0 Å². The molecular formula is C23H13Cl2F2N3O3. The average Bonchev–Trinajstić information content (AvgIpc) is 3.00. The molecule has 0 saturated heterocycles. The van der Waals surface area contributed by atoms with Crippen molar-refractivity contribution in [3.63, 3.8) is 0 Å². The fourth-order valence-electron chi connectivity index (χ4n) is 3.10. The first-order valence-corrected chi connectivity index (χ1v) is 10.2. The topological polar surface area (TPSA) is 78.5 Å². The molecule has 0 unspecified atom stereocenters. The maximum atomic E-state index is 13.3. The van der Waals surface area contributed by atoms with Crippen LogP contribution in [0.15, 0.2) is 77.5 Å². The largest absolute Gasteiger partial charge is 0.350 e. The predicted octanol–water partition coefficient (Wildman–Crippen LogP) is 5.31. The molecule has 4 rings (SSSR count). The van der Waals surface area contributed by atoms with E-state index in [9.17, 15) is 23.2 Å². The Labute approximate surface area is 196 Å². The number of nitrogens with one attached hydrogen (secondary N) is 2. The third-order valence-corrected chi connectivity index (χ3v) is 5.32. The molecule has 0 radical (unpaired) electrons. The Morgan fingerprint density at radius 3 is 2.27 bits per heavy atom. The van der Waals surface area contributed by atoms with Gasteiger partial charge in [0.25, 0.3) is 17.7 Å². The van der Waals surface area contributed by atoms with Crippen molar-refractivity contribution in [1.82, 2.24) is 0 Å². The number of halogens is 4. The Hall–Kier alpha value is -3.75. The van der Waals surface area contributed by atoms with E-state index >= 15 is 0 Å². The summed E-state index contributed by atoms with van der Waals surface area (Å²) in [7, 11) is 0. The van der Waals surface area contributed by atoms with Gasteiger partial charge in [-0.25, -0.2) is 13.7 Å². The zero-order valence-corrected chi connectivity index (χ0v) is 18.0. The number of imide groups is 1. The lowest BCUT2D eigenvalue weighted by Crippen LogP contribution is -2.32. The van der Waals surface area contributed by atoms with Crippen LogP contribution in [-0.2, 0) is 9.59 Å². The molecule has 0 aromatic heterocycles. The second-order valence-corrected chi connectivity index (χ2v) is 7.69. The number of hydrogen-bond acceptors (Lipinski definition) is 4. The number of benzene rings is 3. The van der Waals surface area contributed by atoms with Gasteiger partial charge >= 0.3 is 0 Å². The number of rotatable bonds is 5. The Balaban J connectivity index is 1.53. The minimum Gasteiger partial charge on any atom is -0.350 e. The number of amides is 3. The van der Waals surface area contributed by atoms with Gasteiger partial charge in [0.1, 0.15) is 22.4 Å². The third kappa shape index (κ3) is 4.57. The summed E-state index contributed by atoms with van der Waals surface area (Å²) in [6.45, 7) is 0. The van der Waals surface area contributed by atoms with E-state index in [1.54, 1.807) is 12.1 Å². The summed E-state index contributed by atoms with van der Waals surface area (Å²) < 4.78 is 26.5. The monoisotopic (exact) mass is 487 g/mol. The van der Waals surface area contributed by atoms with Crippen molar-refractivity contribution in [3.8, 4) is 0 Å². The standard InChI is InChI=1S/C23H13Cl2F2N3O3/c24-17-11-15(6-9-18(17)27)29-21(31)12-2-1-3-14(10-12)28-20-19(25)22(32)30(23(20)33)16-7-4-13(26)5-8-16/h1-11,28H,(H,29,31). The second-order valence-electron chi connectivity index (χ2n) is 6.90. The lowest BCUT2D eigenvalue weighted by atomic mass is 10.1. The molecule has 3 amide bonds. The Bertz CT molecular complexity index is 1330. The summed E-state index contributed by atoms with van der Waals surface area (Å²) in [6, 6.07) is 14.6. The third-order valence-electron chi connectivity index (χ3n) is 4.68. The summed E-state index contributed by atoms with van der Waals surface area (Å²) in [5.41, 5.74) is 0.794. The fraction of sp³-hybridized carbons (Fsp3) is 0. The van der Waals surface area contributed by atoms with E-state index in [2.05, 4.69) is 10.6 Å². The van der Waals surface area contributed by atoms with E-state index in [0.717, 1.165) is 23.1 Å². The van der Waals surface area contributed by atoms with E-state index < -0.39 is 29.4 Å². The zero-order valence-electron chi connectivity index (χ0n) is 16.5. The van der Waals surface area contributed by atoms with Crippen molar-refractivity contribution in [2.75, 3.05) is 15.5 Å². The minimum atomic E-state index is -0.766. The summed E-state index contributed by atoms with van der Waals surface area (Å²) >= 11 is 11.8. The van der Waals surface area contributed by atoms with E-state index in [1.165, 1.54) is 36.4 Å². The molecule has 2 N–H and O–H groups in total. The maximum absolute atomic E-state index is 13.3. The second kappa shape index (κ2) is 9.01. The normalized spacial score (nSPS) is 13.5. The molecule has 0 atom stereocenters. The van der Waals surface area contributed by atoms with E-state index in [4.69, 9.17) is 23.2 Å². The Morgan fingerprint density at radius 1 is 0.848 bits per heavy atom. The number of carbonyl (C=O) groups is 3. The number of anilines is 3. The van der Waals surface area contributed by atoms with Gasteiger partial charge in [-0.1, -0.05) is 29.3 Å². The molecule has 0 aliphatic carbocycles. The van der Waals surface area contributed by atoms with Crippen LogP contribution in [0, 0.1) is 11.6 Å². The molecule has 0 spiro atoms. The molecule has 0 bridgehead atoms. The molecule has 10 heteroatoms. The Morgan fingerprint density at radius 2 is 1.58 bits per heavy atom. The molecule has 3 aromatic carbocycles. The highest BCUT2D eigenvalue weighted by molar-refractivity contribution is 6.53. The molecule has 1 aliphatic rings. The first kappa shape index (κ1) is 22.4. The highest BCUT2D eigenvalue weighted by atomic mass is 35.5. The fourth-order valence-corrected chi connectivity index (χ4v) is 3.49. The van der Waals surface area contributed by atoms with Crippen molar-refractivity contribution < 1.29 is 23.2 Å². The number of nitrogens with zero attached hydrogens (tertiary/aromatic N) is 1. The van der Waals surface area contributed by atoms with Crippen LogP contribution in [-0.4, -0.2) is 17.7 Å². The molecular weight excluding hydrogens is 475 g/mol. The van der Waals surface area contributed by atoms with Gasteiger partial charge in [-0.3, -0.25) is 14.4 Å². The molecule has 1 aliphatic heterocycles. The van der Waals surface area contributed by atoms with Gasteiger partial charge in [0, 0.05) is 16.9 Å². The van der Waals surface area contributed by atoms with Crippen LogP contribution in [0.3, 0.4) is 0 Å². The molecule has 166 valence electrons. The first-order chi connectivity index (χ1) is 15.7. The summed E-state index contributed by atoms with van der Waals surface area (Å²) in [5, 5.41) is 4.87. The maximum Gasteiger partial charge on any atom is 0.283 e. The van der Waals surface area contributed by atoms with Gasteiger partial charge in [-0.2, -0.15) is 0 Å². The van der Waals surface area contributed by atoms with Crippen LogP contribution < -0.4 is 15.5 Å². The van der Waals surface area contributed by atoms with E-state index in [0.29, 0.717) is 11.4 Å². The molecule has 6 nitrogen and oxygen atoms in total. The van der Waals surface area contributed by atoms with Crippen LogP contribution in [0.4, 0.5) is 25.8 Å². The number of hydrogen-bond donors (Lipinski definition) is 2. The van der Waals surface area contributed by atoms with Crippen molar-refractivity contribution in [1.29, 1.82) is 0 Å². The van der Waals surface area contributed by atoms with Crippen molar-refractivity contribution in [2.24, 2.45) is 0 Å². The van der Waals surface area contributed by atoms with Gasteiger partial charge < -0.3 is 10.6 Å². The predicted molar refractivity (Wildman–Crippen MR) is 121 cm³/mol. The number of carbonyl (C=O) groups excluding carboxylic acids is 3. The SMILES string of the molecule is O=C(Nc1ccc(F)c(Cl)c1)c1cccc(NC2=C(Cl)C(=O)N(c3ccc(F)cc3)C2=O)c1. The van der Waals surface area contributed by atoms with Crippen molar-refractivity contribution in [3.05, 3.63) is 99.7 Å². The van der Waals surface area contributed by atoms with Crippen LogP contribution >= 0.6 is 23.2 Å².